The van der Waals surface area contributed by atoms with Crippen molar-refractivity contribution in [2.24, 2.45) is 5.73 Å². The summed E-state index contributed by atoms with van der Waals surface area (Å²) in [6.07, 6.45) is 0. The molecule has 0 heterocycles. The molecule has 0 aromatic heterocycles. The average molecular weight is 291 g/mol. The van der Waals surface area contributed by atoms with Crippen molar-refractivity contribution < 1.29 is 13.2 Å². The topological polar surface area (TPSA) is 115 Å². The van der Waals surface area contributed by atoms with Gasteiger partial charge < -0.3 is 11.5 Å². The zero-order chi connectivity index (χ0) is 14.8. The molecule has 7 heteroatoms. The zero-order valence-electron chi connectivity index (χ0n) is 10.4. The first-order valence-corrected chi connectivity index (χ1v) is 7.15. The molecule has 0 atom stereocenters. The predicted molar refractivity (Wildman–Crippen MR) is 76.2 cm³/mol. The van der Waals surface area contributed by atoms with Crippen molar-refractivity contribution >= 4 is 21.7 Å². The first kappa shape index (κ1) is 13.9. The smallest absolute Gasteiger partial charge is 0.326 e. The molecular formula is C13H13N3O3S. The number of hydrogen-bond acceptors (Lipinski definition) is 4. The highest BCUT2D eigenvalue weighted by molar-refractivity contribution is 7.90. The van der Waals surface area contributed by atoms with Crippen molar-refractivity contribution in [3.05, 3.63) is 48.5 Å². The molecule has 2 aromatic rings. The van der Waals surface area contributed by atoms with Crippen LogP contribution in [-0.2, 0) is 10.0 Å². The van der Waals surface area contributed by atoms with Gasteiger partial charge in [-0.3, -0.25) is 0 Å². The number of para-hydroxylation sites is 1. The summed E-state index contributed by atoms with van der Waals surface area (Å²) in [7, 11) is -3.92. The summed E-state index contributed by atoms with van der Waals surface area (Å²) >= 11 is 0. The van der Waals surface area contributed by atoms with Gasteiger partial charge in [0.2, 0.25) is 0 Å². The molecule has 0 bridgehead atoms. The summed E-state index contributed by atoms with van der Waals surface area (Å²) in [4.78, 5) is 10.6. The van der Waals surface area contributed by atoms with Crippen molar-refractivity contribution in [1.29, 1.82) is 0 Å². The molecule has 0 saturated heterocycles. The van der Waals surface area contributed by atoms with Crippen molar-refractivity contribution in [3.63, 3.8) is 0 Å². The van der Waals surface area contributed by atoms with Crippen LogP contribution in [0.5, 0.6) is 0 Å². The van der Waals surface area contributed by atoms with Crippen LogP contribution < -0.4 is 16.2 Å². The molecule has 0 fully saturated rings. The molecule has 0 saturated carbocycles. The quantitative estimate of drug-likeness (QED) is 0.739. The molecule has 5 N–H and O–H groups in total. The van der Waals surface area contributed by atoms with Crippen LogP contribution in [0.3, 0.4) is 0 Å². The summed E-state index contributed by atoms with van der Waals surface area (Å²) < 4.78 is 25.1. The average Bonchev–Trinajstić information content (AvgIpc) is 2.38. The van der Waals surface area contributed by atoms with Gasteiger partial charge in [0.05, 0.1) is 4.90 Å². The second-order valence-electron chi connectivity index (χ2n) is 4.08. The number of sulfonamides is 1. The Kier molecular flexibility index (Phi) is 3.62. The third kappa shape index (κ3) is 2.89. The standard InChI is InChI=1S/C13H13N3O3S/c14-12-4-2-1-3-11(12)9-5-7-10(8-6-9)20(18,19)16-13(15)17/h1-8H,14H2,(H3,15,16,17). The molecule has 0 aliphatic carbocycles. The Labute approximate surface area is 116 Å². The lowest BCUT2D eigenvalue weighted by Crippen LogP contribution is -2.34. The van der Waals surface area contributed by atoms with Gasteiger partial charge in [0, 0.05) is 11.3 Å². The van der Waals surface area contributed by atoms with Crippen molar-refractivity contribution in [2.75, 3.05) is 5.73 Å². The summed E-state index contributed by atoms with van der Waals surface area (Å²) in [5.41, 5.74) is 12.8. The highest BCUT2D eigenvalue weighted by Gasteiger charge is 2.15. The maximum atomic E-state index is 11.7. The van der Waals surface area contributed by atoms with E-state index in [-0.39, 0.29) is 4.90 Å². The van der Waals surface area contributed by atoms with Gasteiger partial charge in [-0.25, -0.2) is 17.9 Å². The monoisotopic (exact) mass is 291 g/mol. The lowest BCUT2D eigenvalue weighted by molar-refractivity contribution is 0.253. The number of hydrogen-bond donors (Lipinski definition) is 3. The molecule has 20 heavy (non-hydrogen) atoms. The summed E-state index contributed by atoms with van der Waals surface area (Å²) in [5, 5.41) is 0. The molecule has 0 unspecified atom stereocenters. The van der Waals surface area contributed by atoms with E-state index in [0.29, 0.717) is 5.69 Å². The van der Waals surface area contributed by atoms with Gasteiger partial charge >= 0.3 is 6.03 Å². The normalized spacial score (nSPS) is 11.0. The zero-order valence-corrected chi connectivity index (χ0v) is 11.2. The minimum absolute atomic E-state index is 0.0467. The number of primary amides is 1. The van der Waals surface area contributed by atoms with E-state index in [1.54, 1.807) is 22.9 Å². The molecule has 6 nitrogen and oxygen atoms in total. The van der Waals surface area contributed by atoms with Crippen molar-refractivity contribution in [1.82, 2.24) is 4.72 Å². The van der Waals surface area contributed by atoms with E-state index >= 15 is 0 Å². The lowest BCUT2D eigenvalue weighted by atomic mass is 10.0. The fraction of sp³-hybridized carbons (Fsp3) is 0. The van der Waals surface area contributed by atoms with E-state index < -0.39 is 16.1 Å². The van der Waals surface area contributed by atoms with Crippen LogP contribution in [-0.4, -0.2) is 14.4 Å². The van der Waals surface area contributed by atoms with E-state index in [2.05, 4.69) is 0 Å². The van der Waals surface area contributed by atoms with Gasteiger partial charge in [0.25, 0.3) is 10.0 Å². The maximum Gasteiger partial charge on any atom is 0.326 e. The molecule has 0 spiro atoms. The van der Waals surface area contributed by atoms with Gasteiger partial charge in [-0.05, 0) is 23.8 Å². The van der Waals surface area contributed by atoms with Crippen LogP contribution in [0, 0.1) is 0 Å². The van der Waals surface area contributed by atoms with E-state index in [9.17, 15) is 13.2 Å². The molecule has 2 amide bonds. The van der Waals surface area contributed by atoms with Gasteiger partial charge in [0.1, 0.15) is 0 Å². The molecule has 2 aromatic carbocycles. The van der Waals surface area contributed by atoms with Gasteiger partial charge in [0.15, 0.2) is 0 Å². The Morgan fingerprint density at radius 3 is 2.15 bits per heavy atom. The van der Waals surface area contributed by atoms with Crippen LogP contribution in [0.15, 0.2) is 53.4 Å². The van der Waals surface area contributed by atoms with Crippen LogP contribution in [0.25, 0.3) is 11.1 Å². The van der Waals surface area contributed by atoms with Crippen LogP contribution in [0.4, 0.5) is 10.5 Å². The number of amides is 2. The van der Waals surface area contributed by atoms with Gasteiger partial charge in [-0.15, -0.1) is 0 Å². The Hall–Kier alpha value is -2.54. The summed E-state index contributed by atoms with van der Waals surface area (Å²) in [5.74, 6) is 0. The first-order valence-electron chi connectivity index (χ1n) is 5.67. The first-order chi connectivity index (χ1) is 9.40. The molecule has 0 aliphatic rings. The van der Waals surface area contributed by atoms with E-state index in [1.165, 1.54) is 12.1 Å². The van der Waals surface area contributed by atoms with E-state index in [0.717, 1.165) is 11.1 Å². The third-order valence-electron chi connectivity index (χ3n) is 2.67. The second-order valence-corrected chi connectivity index (χ2v) is 5.76. The maximum absolute atomic E-state index is 11.7. The number of carbonyl (C=O) groups excluding carboxylic acids is 1. The van der Waals surface area contributed by atoms with Crippen molar-refractivity contribution in [3.8, 4) is 11.1 Å². The molecular weight excluding hydrogens is 278 g/mol. The molecule has 104 valence electrons. The lowest BCUT2D eigenvalue weighted by Gasteiger charge is -2.07. The van der Waals surface area contributed by atoms with Crippen LogP contribution >= 0.6 is 0 Å². The number of carbonyl (C=O) groups is 1. The van der Waals surface area contributed by atoms with E-state index in [4.69, 9.17) is 11.5 Å². The van der Waals surface area contributed by atoms with E-state index in [1.807, 2.05) is 18.2 Å². The number of rotatable bonds is 3. The third-order valence-corrected chi connectivity index (χ3v) is 4.03. The molecule has 0 radical (unpaired) electrons. The number of nitrogen functional groups attached to an aromatic ring is 1. The Morgan fingerprint density at radius 1 is 1.00 bits per heavy atom. The number of nitrogens with two attached hydrogens (primary N) is 2. The van der Waals surface area contributed by atoms with Crippen LogP contribution in [0.2, 0.25) is 0 Å². The second kappa shape index (κ2) is 5.22. The van der Waals surface area contributed by atoms with Crippen LogP contribution in [0.1, 0.15) is 0 Å². The van der Waals surface area contributed by atoms with Gasteiger partial charge in [-0.2, -0.15) is 0 Å². The highest BCUT2D eigenvalue weighted by atomic mass is 32.2. The highest BCUT2D eigenvalue weighted by Crippen LogP contribution is 2.26. The SMILES string of the molecule is NC(=O)NS(=O)(=O)c1ccc(-c2ccccc2N)cc1. The minimum atomic E-state index is -3.92. The number of nitrogens with one attached hydrogen (secondary N) is 1. The Morgan fingerprint density at radius 2 is 1.60 bits per heavy atom. The fourth-order valence-corrected chi connectivity index (χ4v) is 2.64. The number of anilines is 1. The number of benzene rings is 2. The molecule has 0 aliphatic heterocycles. The predicted octanol–water partition coefficient (Wildman–Crippen LogP) is 1.29. The largest absolute Gasteiger partial charge is 0.398 e. The summed E-state index contributed by atoms with van der Waals surface area (Å²) in [6, 6.07) is 12.1. The molecule has 2 rings (SSSR count). The minimum Gasteiger partial charge on any atom is -0.398 e. The Balaban J connectivity index is 2.37. The van der Waals surface area contributed by atoms with Crippen molar-refractivity contribution in [2.45, 2.75) is 4.90 Å². The fourth-order valence-electron chi connectivity index (χ4n) is 1.76. The Bertz CT molecular complexity index is 740. The van der Waals surface area contributed by atoms with Gasteiger partial charge in [-0.1, -0.05) is 30.3 Å². The summed E-state index contributed by atoms with van der Waals surface area (Å²) in [6.45, 7) is 0. The number of urea groups is 1.